The summed E-state index contributed by atoms with van der Waals surface area (Å²) in [6, 6.07) is 34.5. The van der Waals surface area contributed by atoms with E-state index in [-0.39, 0.29) is 0 Å². The van der Waals surface area contributed by atoms with Crippen LogP contribution in [0.5, 0.6) is 0 Å². The molecule has 0 aliphatic heterocycles. The maximum Gasteiger partial charge on any atom is 0.137 e. The second kappa shape index (κ2) is 9.24. The monoisotopic (exact) mass is 563 g/mol. The molecule has 3 unspecified atom stereocenters. The van der Waals surface area contributed by atoms with Crippen molar-refractivity contribution < 1.29 is 4.42 Å². The first kappa shape index (κ1) is 24.9. The lowest BCUT2D eigenvalue weighted by atomic mass is 9.48. The van der Waals surface area contributed by atoms with E-state index in [1.807, 2.05) is 0 Å². The Labute approximate surface area is 255 Å². The lowest BCUT2D eigenvalue weighted by Crippen LogP contribution is -2.48. The van der Waals surface area contributed by atoms with Gasteiger partial charge in [0.2, 0.25) is 0 Å². The number of fused-ring (bicyclic) bond motifs is 5. The van der Waals surface area contributed by atoms with Crippen LogP contribution in [0, 0.1) is 29.6 Å². The van der Waals surface area contributed by atoms with Crippen LogP contribution in [-0.2, 0) is 5.41 Å². The van der Waals surface area contributed by atoms with Gasteiger partial charge in [-0.2, -0.15) is 0 Å². The van der Waals surface area contributed by atoms with E-state index in [4.69, 9.17) is 4.42 Å². The molecule has 1 aromatic heterocycles. The molecule has 6 aliphatic carbocycles. The molecule has 6 bridgehead atoms. The Morgan fingerprint density at radius 1 is 0.581 bits per heavy atom. The second-order valence-electron chi connectivity index (χ2n) is 15.2. The van der Waals surface area contributed by atoms with Gasteiger partial charge in [0.05, 0.1) is 11.1 Å². The number of hydrogen-bond donors (Lipinski definition) is 0. The van der Waals surface area contributed by atoms with E-state index < -0.39 is 0 Å². The third-order valence-electron chi connectivity index (χ3n) is 12.7. The first-order valence-electron chi connectivity index (χ1n) is 17.1. The SMILES string of the molecule is c1ccc2c(c1)oc1cccc(N(c3ccc(C4CC5CCC4C5)cc3)c3ccc(C45CC6CC(CC(C6)C4)C5)cc3)c12. The van der Waals surface area contributed by atoms with E-state index in [1.165, 1.54) is 92.0 Å². The molecule has 216 valence electrons. The van der Waals surface area contributed by atoms with Crippen molar-refractivity contribution in [2.24, 2.45) is 29.6 Å². The van der Waals surface area contributed by atoms with Crippen LogP contribution in [-0.4, -0.2) is 0 Å². The molecule has 5 aromatic rings. The van der Waals surface area contributed by atoms with E-state index in [1.54, 1.807) is 11.1 Å². The smallest absolute Gasteiger partial charge is 0.137 e. The summed E-state index contributed by atoms with van der Waals surface area (Å²) in [5.74, 6) is 5.50. The van der Waals surface area contributed by atoms with Crippen molar-refractivity contribution in [3.63, 3.8) is 0 Å². The standard InChI is InChI=1S/C41H41NO/c1-2-6-38-35(4-1)40-37(5-3-7-39(40)43-38)42(33-14-10-30(11-15-33)36-22-26-8-9-31(36)21-26)34-16-12-32(13-17-34)41-23-27-18-28(24-41)20-29(19-27)25-41/h1-7,10-17,26-29,31,36H,8-9,18-25H2. The maximum atomic E-state index is 6.36. The van der Waals surface area contributed by atoms with Crippen LogP contribution in [0.3, 0.4) is 0 Å². The molecule has 43 heavy (non-hydrogen) atoms. The summed E-state index contributed by atoms with van der Waals surface area (Å²) in [6.07, 6.45) is 14.4. The molecule has 0 N–H and O–H groups in total. The number of rotatable bonds is 5. The molecule has 1 heterocycles. The van der Waals surface area contributed by atoms with E-state index >= 15 is 0 Å². The Morgan fingerprint density at radius 2 is 1.26 bits per heavy atom. The van der Waals surface area contributed by atoms with Crippen LogP contribution in [0.4, 0.5) is 17.1 Å². The highest BCUT2D eigenvalue weighted by Gasteiger charge is 2.51. The Kier molecular flexibility index (Phi) is 5.35. The van der Waals surface area contributed by atoms with Crippen LogP contribution in [0.1, 0.15) is 81.3 Å². The molecule has 0 saturated heterocycles. The van der Waals surface area contributed by atoms with E-state index in [0.717, 1.165) is 46.7 Å². The Hall–Kier alpha value is -3.52. The molecule has 0 spiro atoms. The molecular formula is C41H41NO. The molecule has 2 nitrogen and oxygen atoms in total. The molecule has 0 amide bonds. The third-order valence-corrected chi connectivity index (χ3v) is 12.7. The van der Waals surface area contributed by atoms with E-state index in [2.05, 4.69) is 95.9 Å². The fourth-order valence-corrected chi connectivity index (χ4v) is 11.3. The number of nitrogens with zero attached hydrogens (tertiary/aromatic N) is 1. The quantitative estimate of drug-likeness (QED) is 0.211. The fourth-order valence-electron chi connectivity index (χ4n) is 11.3. The van der Waals surface area contributed by atoms with Gasteiger partial charge in [-0.1, -0.05) is 55.0 Å². The van der Waals surface area contributed by atoms with Gasteiger partial charge < -0.3 is 9.32 Å². The minimum atomic E-state index is 0.418. The fraction of sp³-hybridized carbons (Fsp3) is 0.415. The average Bonchev–Trinajstić information content (AvgIpc) is 3.76. The van der Waals surface area contributed by atoms with Gasteiger partial charge in [-0.05, 0) is 152 Å². The van der Waals surface area contributed by atoms with Crippen LogP contribution in [0.25, 0.3) is 21.9 Å². The Bertz CT molecular complexity index is 1790. The van der Waals surface area contributed by atoms with E-state index in [9.17, 15) is 0 Å². The van der Waals surface area contributed by atoms with Gasteiger partial charge in [0.1, 0.15) is 11.2 Å². The van der Waals surface area contributed by atoms with Crippen molar-refractivity contribution in [3.05, 3.63) is 102 Å². The van der Waals surface area contributed by atoms with Crippen molar-refractivity contribution in [3.8, 4) is 0 Å². The minimum absolute atomic E-state index is 0.418. The van der Waals surface area contributed by atoms with Crippen molar-refractivity contribution in [1.82, 2.24) is 0 Å². The summed E-state index contributed by atoms with van der Waals surface area (Å²) in [7, 11) is 0. The number of para-hydroxylation sites is 1. The molecule has 3 atom stereocenters. The lowest BCUT2D eigenvalue weighted by molar-refractivity contribution is -0.00518. The van der Waals surface area contributed by atoms with Crippen molar-refractivity contribution in [2.45, 2.75) is 75.5 Å². The Balaban J connectivity index is 1.08. The van der Waals surface area contributed by atoms with Crippen LogP contribution < -0.4 is 4.90 Å². The first-order valence-corrected chi connectivity index (χ1v) is 17.1. The summed E-state index contributed by atoms with van der Waals surface area (Å²) in [4.78, 5) is 2.48. The Morgan fingerprint density at radius 3 is 1.93 bits per heavy atom. The molecule has 11 rings (SSSR count). The number of anilines is 3. The molecule has 6 saturated carbocycles. The summed E-state index contributed by atoms with van der Waals surface area (Å²) in [6.45, 7) is 0. The number of benzene rings is 4. The van der Waals surface area contributed by atoms with Crippen molar-refractivity contribution in [1.29, 1.82) is 0 Å². The zero-order valence-corrected chi connectivity index (χ0v) is 25.1. The number of furan rings is 1. The zero-order valence-electron chi connectivity index (χ0n) is 25.1. The van der Waals surface area contributed by atoms with Crippen LogP contribution in [0.15, 0.2) is 95.4 Å². The van der Waals surface area contributed by atoms with Crippen molar-refractivity contribution >= 4 is 39.0 Å². The normalized spacial score (nSPS) is 32.3. The minimum Gasteiger partial charge on any atom is -0.456 e. The summed E-state index contributed by atoms with van der Waals surface area (Å²) < 4.78 is 6.36. The highest BCUT2D eigenvalue weighted by Crippen LogP contribution is 2.61. The molecule has 6 aliphatic rings. The van der Waals surface area contributed by atoms with Gasteiger partial charge in [0.15, 0.2) is 0 Å². The molecule has 0 radical (unpaired) electrons. The predicted octanol–water partition coefficient (Wildman–Crippen LogP) is 11.4. The van der Waals surface area contributed by atoms with Gasteiger partial charge in [0.25, 0.3) is 0 Å². The number of hydrogen-bond acceptors (Lipinski definition) is 2. The van der Waals surface area contributed by atoms with Gasteiger partial charge >= 0.3 is 0 Å². The van der Waals surface area contributed by atoms with Gasteiger partial charge in [0, 0.05) is 16.8 Å². The predicted molar refractivity (Wildman–Crippen MR) is 176 cm³/mol. The van der Waals surface area contributed by atoms with E-state index in [0.29, 0.717) is 5.41 Å². The first-order chi connectivity index (χ1) is 21.2. The highest BCUT2D eigenvalue weighted by atomic mass is 16.3. The molecular weight excluding hydrogens is 522 g/mol. The van der Waals surface area contributed by atoms with Gasteiger partial charge in [-0.25, -0.2) is 0 Å². The molecule has 6 fully saturated rings. The summed E-state index contributed by atoms with van der Waals surface area (Å²) >= 11 is 0. The molecule has 4 aromatic carbocycles. The van der Waals surface area contributed by atoms with Crippen LogP contribution in [0.2, 0.25) is 0 Å². The van der Waals surface area contributed by atoms with Crippen molar-refractivity contribution in [2.75, 3.05) is 4.90 Å². The maximum absolute atomic E-state index is 6.36. The highest BCUT2D eigenvalue weighted by molar-refractivity contribution is 6.13. The summed E-state index contributed by atoms with van der Waals surface area (Å²) in [5, 5.41) is 2.38. The topological polar surface area (TPSA) is 16.4 Å². The largest absolute Gasteiger partial charge is 0.456 e. The molecule has 2 heteroatoms. The summed E-state index contributed by atoms with van der Waals surface area (Å²) in [5.41, 5.74) is 9.11. The van der Waals surface area contributed by atoms with Crippen LogP contribution >= 0.6 is 0 Å². The third kappa shape index (κ3) is 3.84. The van der Waals surface area contributed by atoms with Gasteiger partial charge in [-0.3, -0.25) is 0 Å². The van der Waals surface area contributed by atoms with Gasteiger partial charge in [-0.15, -0.1) is 0 Å². The lowest BCUT2D eigenvalue weighted by Gasteiger charge is -2.57. The second-order valence-corrected chi connectivity index (χ2v) is 15.2. The average molecular weight is 564 g/mol. The zero-order chi connectivity index (χ0) is 28.1.